The molecule has 9 heteroatoms. The average molecular weight is 374 g/mol. The van der Waals surface area contributed by atoms with Crippen LogP contribution in [0.5, 0.6) is 0 Å². The summed E-state index contributed by atoms with van der Waals surface area (Å²) >= 11 is 0. The highest BCUT2D eigenvalue weighted by Gasteiger charge is 2.36. The molecule has 0 aliphatic rings. The van der Waals surface area contributed by atoms with Crippen molar-refractivity contribution in [1.82, 2.24) is 4.98 Å². The standard InChI is InChI=1S/C17H12F6N2O/c1-10(5-15(26)11-3-2-4-24-9-11)25-14-7-12(16(18,19)20)6-13(8-14)17(21,22)23/h2-9,25H,1H3/b10-5+. The highest BCUT2D eigenvalue weighted by molar-refractivity contribution is 6.04. The van der Waals surface area contributed by atoms with Crippen LogP contribution in [0.4, 0.5) is 32.0 Å². The molecular weight excluding hydrogens is 362 g/mol. The molecule has 2 rings (SSSR count). The molecule has 0 aliphatic heterocycles. The third-order valence-electron chi connectivity index (χ3n) is 3.22. The van der Waals surface area contributed by atoms with Gasteiger partial charge in [-0.05, 0) is 37.3 Å². The monoisotopic (exact) mass is 374 g/mol. The van der Waals surface area contributed by atoms with Crippen molar-refractivity contribution in [1.29, 1.82) is 0 Å². The Morgan fingerprint density at radius 1 is 1.04 bits per heavy atom. The van der Waals surface area contributed by atoms with Gasteiger partial charge in [0.25, 0.3) is 0 Å². The Labute approximate surface area is 144 Å². The number of carbonyl (C=O) groups is 1. The van der Waals surface area contributed by atoms with Gasteiger partial charge >= 0.3 is 12.4 Å². The summed E-state index contributed by atoms with van der Waals surface area (Å²) in [4.78, 5) is 15.7. The summed E-state index contributed by atoms with van der Waals surface area (Å²) in [5, 5.41) is 2.39. The fourth-order valence-electron chi connectivity index (χ4n) is 2.08. The summed E-state index contributed by atoms with van der Waals surface area (Å²) in [6.45, 7) is 1.35. The Bertz CT molecular complexity index is 793. The molecule has 0 bridgehead atoms. The molecule has 0 radical (unpaired) electrons. The minimum atomic E-state index is -4.94. The van der Waals surface area contributed by atoms with Crippen molar-refractivity contribution in [2.45, 2.75) is 19.3 Å². The first kappa shape index (κ1) is 19.5. The van der Waals surface area contributed by atoms with E-state index in [1.165, 1.54) is 31.5 Å². The lowest BCUT2D eigenvalue weighted by Gasteiger charge is -2.15. The zero-order valence-corrected chi connectivity index (χ0v) is 13.2. The van der Waals surface area contributed by atoms with Gasteiger partial charge in [0.2, 0.25) is 0 Å². The number of pyridine rings is 1. The first-order valence-electron chi connectivity index (χ1n) is 7.16. The molecule has 0 amide bonds. The number of rotatable bonds is 4. The third-order valence-corrected chi connectivity index (χ3v) is 3.22. The summed E-state index contributed by atoms with van der Waals surface area (Å²) < 4.78 is 77.0. The van der Waals surface area contributed by atoms with E-state index in [-0.39, 0.29) is 17.3 Å². The number of hydrogen-bond acceptors (Lipinski definition) is 3. The molecule has 0 saturated carbocycles. The molecule has 2 aromatic rings. The number of aromatic nitrogens is 1. The second-order valence-electron chi connectivity index (χ2n) is 5.35. The Kier molecular flexibility index (Phi) is 5.38. The number of hydrogen-bond donors (Lipinski definition) is 1. The molecule has 0 atom stereocenters. The van der Waals surface area contributed by atoms with Crippen LogP contribution < -0.4 is 5.32 Å². The highest BCUT2D eigenvalue weighted by atomic mass is 19.4. The molecular formula is C17H12F6N2O. The second-order valence-corrected chi connectivity index (χ2v) is 5.35. The molecule has 26 heavy (non-hydrogen) atoms. The molecule has 1 aromatic carbocycles. The molecule has 0 spiro atoms. The van der Waals surface area contributed by atoms with Crippen LogP contribution in [-0.2, 0) is 12.4 Å². The number of allylic oxidation sites excluding steroid dienone is 2. The van der Waals surface area contributed by atoms with Crippen molar-refractivity contribution in [2.24, 2.45) is 0 Å². The Balaban J connectivity index is 2.33. The molecule has 0 aliphatic carbocycles. The average Bonchev–Trinajstić information content (AvgIpc) is 2.53. The van der Waals surface area contributed by atoms with E-state index in [0.717, 1.165) is 6.08 Å². The van der Waals surface area contributed by atoms with E-state index < -0.39 is 35.0 Å². The maximum atomic E-state index is 12.8. The summed E-state index contributed by atoms with van der Waals surface area (Å²) in [5.74, 6) is -0.494. The normalized spacial score (nSPS) is 12.8. The number of halogens is 6. The summed E-state index contributed by atoms with van der Waals surface area (Å²) in [7, 11) is 0. The number of anilines is 1. The van der Waals surface area contributed by atoms with Crippen LogP contribution in [0.25, 0.3) is 0 Å². The fourth-order valence-corrected chi connectivity index (χ4v) is 2.08. The summed E-state index contributed by atoms with van der Waals surface area (Å²) in [6.07, 6.45) is -6.09. The van der Waals surface area contributed by atoms with E-state index in [0.29, 0.717) is 12.1 Å². The lowest BCUT2D eigenvalue weighted by atomic mass is 10.1. The number of alkyl halides is 6. The minimum Gasteiger partial charge on any atom is -0.359 e. The predicted molar refractivity (Wildman–Crippen MR) is 82.4 cm³/mol. The topological polar surface area (TPSA) is 42.0 Å². The lowest BCUT2D eigenvalue weighted by molar-refractivity contribution is -0.143. The van der Waals surface area contributed by atoms with Crippen molar-refractivity contribution < 1.29 is 31.1 Å². The van der Waals surface area contributed by atoms with Gasteiger partial charge in [0.15, 0.2) is 5.78 Å². The number of ketones is 1. The van der Waals surface area contributed by atoms with E-state index in [9.17, 15) is 31.1 Å². The zero-order valence-electron chi connectivity index (χ0n) is 13.2. The van der Waals surface area contributed by atoms with Gasteiger partial charge < -0.3 is 5.32 Å². The Hall–Kier alpha value is -2.84. The van der Waals surface area contributed by atoms with E-state index >= 15 is 0 Å². The van der Waals surface area contributed by atoms with Gasteiger partial charge in [0.05, 0.1) is 11.1 Å². The largest absolute Gasteiger partial charge is 0.416 e. The van der Waals surface area contributed by atoms with Crippen molar-refractivity contribution >= 4 is 11.5 Å². The molecule has 0 fully saturated rings. The van der Waals surface area contributed by atoms with Crippen LogP contribution in [0, 0.1) is 0 Å². The molecule has 1 heterocycles. The van der Waals surface area contributed by atoms with Crippen LogP contribution in [-0.4, -0.2) is 10.8 Å². The van der Waals surface area contributed by atoms with Gasteiger partial charge in [0, 0.05) is 35.4 Å². The van der Waals surface area contributed by atoms with Crippen LogP contribution in [0.1, 0.15) is 28.4 Å². The summed E-state index contributed by atoms with van der Waals surface area (Å²) in [6, 6.07) is 4.12. The number of nitrogens with one attached hydrogen (secondary N) is 1. The van der Waals surface area contributed by atoms with Crippen molar-refractivity contribution in [3.05, 3.63) is 71.2 Å². The van der Waals surface area contributed by atoms with Crippen molar-refractivity contribution in [3.63, 3.8) is 0 Å². The van der Waals surface area contributed by atoms with Gasteiger partial charge in [-0.2, -0.15) is 26.3 Å². The maximum Gasteiger partial charge on any atom is 0.416 e. The number of benzene rings is 1. The number of nitrogens with zero attached hydrogens (tertiary/aromatic N) is 1. The van der Waals surface area contributed by atoms with Crippen molar-refractivity contribution in [3.8, 4) is 0 Å². The van der Waals surface area contributed by atoms with E-state index in [1.54, 1.807) is 0 Å². The molecule has 1 N–H and O–H groups in total. The van der Waals surface area contributed by atoms with Gasteiger partial charge in [-0.25, -0.2) is 0 Å². The lowest BCUT2D eigenvalue weighted by Crippen LogP contribution is -2.12. The zero-order chi connectivity index (χ0) is 19.5. The van der Waals surface area contributed by atoms with E-state index in [2.05, 4.69) is 10.3 Å². The fraction of sp³-hybridized carbons (Fsp3) is 0.176. The van der Waals surface area contributed by atoms with Gasteiger partial charge in [-0.15, -0.1) is 0 Å². The van der Waals surface area contributed by atoms with Crippen LogP contribution >= 0.6 is 0 Å². The Morgan fingerprint density at radius 3 is 2.08 bits per heavy atom. The van der Waals surface area contributed by atoms with Gasteiger partial charge in [-0.3, -0.25) is 9.78 Å². The molecule has 1 aromatic heterocycles. The molecule has 138 valence electrons. The van der Waals surface area contributed by atoms with E-state index in [1.807, 2.05) is 0 Å². The maximum absolute atomic E-state index is 12.8. The predicted octanol–water partition coefficient (Wildman–Crippen LogP) is 5.32. The van der Waals surface area contributed by atoms with Gasteiger partial charge in [0.1, 0.15) is 0 Å². The molecule has 0 saturated heterocycles. The molecule has 0 unspecified atom stereocenters. The number of carbonyl (C=O) groups excluding carboxylic acids is 1. The molecule has 3 nitrogen and oxygen atoms in total. The second kappa shape index (κ2) is 7.19. The smallest absolute Gasteiger partial charge is 0.359 e. The SMILES string of the molecule is C/C(=C\C(=O)c1cccnc1)Nc1cc(C(F)(F)F)cc(C(F)(F)F)c1. The van der Waals surface area contributed by atoms with E-state index in [4.69, 9.17) is 0 Å². The minimum absolute atomic E-state index is 0.0328. The van der Waals surface area contributed by atoms with Crippen molar-refractivity contribution in [2.75, 3.05) is 5.32 Å². The highest BCUT2D eigenvalue weighted by Crippen LogP contribution is 2.37. The first-order valence-corrected chi connectivity index (χ1v) is 7.16. The Morgan fingerprint density at radius 2 is 1.62 bits per heavy atom. The van der Waals surface area contributed by atoms with Gasteiger partial charge in [-0.1, -0.05) is 0 Å². The van der Waals surface area contributed by atoms with Crippen LogP contribution in [0.3, 0.4) is 0 Å². The van der Waals surface area contributed by atoms with Crippen LogP contribution in [0.2, 0.25) is 0 Å². The van der Waals surface area contributed by atoms with Crippen LogP contribution in [0.15, 0.2) is 54.5 Å². The summed E-state index contributed by atoms with van der Waals surface area (Å²) in [5.41, 5.74) is -3.01. The quantitative estimate of drug-likeness (QED) is 0.448. The first-order chi connectivity index (χ1) is 12.0. The third kappa shape index (κ3) is 5.08.